The Morgan fingerprint density at radius 1 is 0.970 bits per heavy atom. The number of nitrogens with zero attached hydrogens (tertiary/aromatic N) is 1. The Balaban J connectivity index is 1.87. The van der Waals surface area contributed by atoms with Crippen LogP contribution in [-0.2, 0) is 16.1 Å². The van der Waals surface area contributed by atoms with Crippen LogP contribution in [0.4, 0.5) is 0 Å². The van der Waals surface area contributed by atoms with Gasteiger partial charge in [0, 0.05) is 28.9 Å². The number of hydrogen-bond acceptors (Lipinski definition) is 3. The molecule has 0 aliphatic rings. The number of carbonyl (C=O) groups is 1. The first-order valence-corrected chi connectivity index (χ1v) is 14.1. The van der Waals surface area contributed by atoms with Gasteiger partial charge in [0.05, 0.1) is 12.1 Å². The van der Waals surface area contributed by atoms with Gasteiger partial charge in [0.1, 0.15) is 5.75 Å². The van der Waals surface area contributed by atoms with E-state index in [0.717, 1.165) is 23.0 Å². The van der Waals surface area contributed by atoms with Crippen LogP contribution >= 0.6 is 15.9 Å². The molecule has 0 radical (unpaired) electrons. The van der Waals surface area contributed by atoms with E-state index < -0.39 is 6.10 Å². The Labute approximate surface area is 209 Å². The number of hydrogen-bond donors (Lipinski definition) is 0. The molecule has 0 aliphatic carbocycles. The highest BCUT2D eigenvalue weighted by Crippen LogP contribution is 2.31. The summed E-state index contributed by atoms with van der Waals surface area (Å²) in [4.78, 5) is 12.4. The smallest absolute Gasteiger partial charge is 0.347 e. The molecule has 4 nitrogen and oxygen atoms in total. The van der Waals surface area contributed by atoms with Gasteiger partial charge in [-0.2, -0.15) is 0 Å². The molecule has 0 fully saturated rings. The molecule has 1 unspecified atom stereocenters. The van der Waals surface area contributed by atoms with Crippen LogP contribution in [0.15, 0.2) is 24.3 Å². The Morgan fingerprint density at radius 2 is 1.58 bits per heavy atom. The van der Waals surface area contributed by atoms with Gasteiger partial charge in [0.15, 0.2) is 6.10 Å². The quantitative estimate of drug-likeness (QED) is 0.119. The number of halogens is 1. The van der Waals surface area contributed by atoms with Gasteiger partial charge in [0.2, 0.25) is 0 Å². The Morgan fingerprint density at radius 3 is 2.15 bits per heavy atom. The molecule has 5 heteroatoms. The molecule has 0 saturated carbocycles. The average molecular weight is 523 g/mol. The highest BCUT2D eigenvalue weighted by atomic mass is 79.9. The van der Waals surface area contributed by atoms with Gasteiger partial charge >= 0.3 is 5.97 Å². The molecule has 1 aromatic heterocycles. The maximum absolute atomic E-state index is 12.4. The minimum Gasteiger partial charge on any atom is -0.478 e. The molecule has 1 heterocycles. The summed E-state index contributed by atoms with van der Waals surface area (Å²) >= 11 is 3.50. The van der Waals surface area contributed by atoms with E-state index in [1.165, 1.54) is 75.4 Å². The van der Waals surface area contributed by atoms with E-state index in [0.29, 0.717) is 6.61 Å². The van der Waals surface area contributed by atoms with Crippen molar-refractivity contribution in [3.63, 3.8) is 0 Å². The predicted octanol–water partition coefficient (Wildman–Crippen LogP) is 8.21. The number of rotatable bonds is 17. The molecule has 0 spiro atoms. The van der Waals surface area contributed by atoms with Crippen molar-refractivity contribution in [3.05, 3.63) is 30.0 Å². The lowest BCUT2D eigenvalue weighted by Crippen LogP contribution is -2.34. The van der Waals surface area contributed by atoms with E-state index in [1.807, 2.05) is 32.9 Å². The molecule has 0 aliphatic heterocycles. The third-order valence-electron chi connectivity index (χ3n) is 6.26. The first-order valence-electron chi connectivity index (χ1n) is 13.0. The number of fused-ring (bicyclic) bond motifs is 1. The summed E-state index contributed by atoms with van der Waals surface area (Å²) in [5.41, 5.74) is 2.42. The van der Waals surface area contributed by atoms with Gasteiger partial charge in [-0.25, -0.2) is 4.79 Å². The highest BCUT2D eigenvalue weighted by molar-refractivity contribution is 9.09. The number of carbonyl (C=O) groups excluding carboxylic acids is 1. The Bertz CT molecular complexity index is 830. The van der Waals surface area contributed by atoms with Crippen LogP contribution in [0.3, 0.4) is 0 Å². The Hall–Kier alpha value is -1.49. The zero-order valence-electron chi connectivity index (χ0n) is 21.2. The van der Waals surface area contributed by atoms with Crippen molar-refractivity contribution in [2.45, 2.75) is 105 Å². The van der Waals surface area contributed by atoms with Crippen molar-refractivity contribution in [2.75, 3.05) is 11.9 Å². The largest absolute Gasteiger partial charge is 0.478 e. The molecule has 2 rings (SSSR count). The number of aryl methyl sites for hydroxylation is 2. The molecule has 2 aromatic rings. The molecular weight excluding hydrogens is 478 g/mol. The van der Waals surface area contributed by atoms with Crippen molar-refractivity contribution in [1.29, 1.82) is 0 Å². The third kappa shape index (κ3) is 8.99. The van der Waals surface area contributed by atoms with Gasteiger partial charge in [-0.05, 0) is 44.9 Å². The average Bonchev–Trinajstić information content (AvgIpc) is 3.11. The molecule has 0 saturated heterocycles. The van der Waals surface area contributed by atoms with E-state index in [4.69, 9.17) is 9.47 Å². The lowest BCUT2D eigenvalue weighted by atomic mass is 10.1. The molecule has 33 heavy (non-hydrogen) atoms. The lowest BCUT2D eigenvalue weighted by molar-refractivity contribution is -0.153. The minimum absolute atomic E-state index is 0.0387. The fourth-order valence-corrected chi connectivity index (χ4v) is 4.78. The molecule has 0 bridgehead atoms. The van der Waals surface area contributed by atoms with Crippen LogP contribution in [0.1, 0.15) is 90.7 Å². The van der Waals surface area contributed by atoms with Crippen molar-refractivity contribution in [1.82, 2.24) is 4.57 Å². The number of unbranched alkanes of at least 4 members (excludes halogenated alkanes) is 9. The number of ether oxygens (including phenoxy) is 2. The van der Waals surface area contributed by atoms with E-state index >= 15 is 0 Å². The third-order valence-corrected chi connectivity index (χ3v) is 6.82. The first-order chi connectivity index (χ1) is 16.0. The topological polar surface area (TPSA) is 40.5 Å². The van der Waals surface area contributed by atoms with Gasteiger partial charge in [-0.1, -0.05) is 87.2 Å². The van der Waals surface area contributed by atoms with Crippen molar-refractivity contribution in [3.8, 4) is 5.75 Å². The predicted molar refractivity (Wildman–Crippen MR) is 143 cm³/mol. The SMILES string of the molecule is CCOC(=O)C(Oc1cccc2c1cc(C)n2CCCCCCCCCCCCBr)C(C)C. The number of benzene rings is 1. The lowest BCUT2D eigenvalue weighted by Gasteiger charge is -2.21. The summed E-state index contributed by atoms with van der Waals surface area (Å²) in [6.45, 7) is 9.35. The maximum atomic E-state index is 12.4. The van der Waals surface area contributed by atoms with Crippen LogP contribution in [0.25, 0.3) is 10.9 Å². The van der Waals surface area contributed by atoms with Gasteiger partial charge < -0.3 is 14.0 Å². The Kier molecular flexibility index (Phi) is 13.0. The summed E-state index contributed by atoms with van der Waals surface area (Å²) in [6.07, 6.45) is 12.8. The van der Waals surface area contributed by atoms with Gasteiger partial charge in [-0.15, -0.1) is 0 Å². The fourth-order valence-electron chi connectivity index (χ4n) is 4.39. The summed E-state index contributed by atoms with van der Waals surface area (Å²) < 4.78 is 13.8. The molecule has 0 amide bonds. The van der Waals surface area contributed by atoms with Crippen LogP contribution < -0.4 is 4.74 Å². The maximum Gasteiger partial charge on any atom is 0.347 e. The fraction of sp³-hybridized carbons (Fsp3) is 0.679. The molecule has 0 N–H and O–H groups in total. The van der Waals surface area contributed by atoms with Gasteiger partial charge in [0.25, 0.3) is 0 Å². The molecule has 1 aromatic carbocycles. The minimum atomic E-state index is -0.594. The van der Waals surface area contributed by atoms with E-state index in [9.17, 15) is 4.79 Å². The van der Waals surface area contributed by atoms with E-state index in [1.54, 1.807) is 0 Å². The second-order valence-electron chi connectivity index (χ2n) is 9.39. The van der Waals surface area contributed by atoms with Crippen molar-refractivity contribution >= 4 is 32.8 Å². The van der Waals surface area contributed by atoms with Crippen molar-refractivity contribution in [2.24, 2.45) is 5.92 Å². The van der Waals surface area contributed by atoms with E-state index in [-0.39, 0.29) is 11.9 Å². The van der Waals surface area contributed by atoms with E-state index in [2.05, 4.69) is 39.6 Å². The highest BCUT2D eigenvalue weighted by Gasteiger charge is 2.26. The first kappa shape index (κ1) is 27.8. The number of alkyl halides is 1. The second kappa shape index (κ2) is 15.4. The number of esters is 1. The van der Waals surface area contributed by atoms with Crippen LogP contribution in [0.2, 0.25) is 0 Å². The standard InChI is InChI=1S/C28H44BrNO3/c1-5-32-28(31)27(22(2)3)33-26-18-16-17-25-24(26)21-23(4)30(25)20-15-13-11-9-7-6-8-10-12-14-19-29/h16-18,21-22,27H,5-15,19-20H2,1-4H3. The molecule has 1 atom stereocenters. The van der Waals surface area contributed by atoms with Crippen LogP contribution in [-0.4, -0.2) is 28.6 Å². The van der Waals surface area contributed by atoms with Crippen LogP contribution in [0.5, 0.6) is 5.75 Å². The summed E-state index contributed by atoms with van der Waals surface area (Å²) in [5.74, 6) is 0.508. The summed E-state index contributed by atoms with van der Waals surface area (Å²) in [5, 5.41) is 2.22. The zero-order chi connectivity index (χ0) is 24.1. The number of aromatic nitrogens is 1. The van der Waals surface area contributed by atoms with Crippen LogP contribution in [0, 0.1) is 12.8 Å². The zero-order valence-corrected chi connectivity index (χ0v) is 22.8. The molecular formula is C28H44BrNO3. The second-order valence-corrected chi connectivity index (χ2v) is 10.2. The van der Waals surface area contributed by atoms with Gasteiger partial charge in [-0.3, -0.25) is 0 Å². The normalized spacial score (nSPS) is 12.4. The monoisotopic (exact) mass is 521 g/mol. The van der Waals surface area contributed by atoms with Crippen molar-refractivity contribution < 1.29 is 14.3 Å². The summed E-state index contributed by atoms with van der Waals surface area (Å²) in [6, 6.07) is 8.32. The summed E-state index contributed by atoms with van der Waals surface area (Å²) in [7, 11) is 0. The molecule has 186 valence electrons.